The highest BCUT2D eigenvalue weighted by Gasteiger charge is 2.16. The first-order valence-corrected chi connectivity index (χ1v) is 11.0. The van der Waals surface area contributed by atoms with Gasteiger partial charge in [-0.05, 0) is 42.0 Å². The van der Waals surface area contributed by atoms with Crippen LogP contribution in [0.25, 0.3) is 26.5 Å². The minimum atomic E-state index is -0.982. The molecule has 162 valence electrons. The third-order valence-corrected chi connectivity index (χ3v) is 6.20. The Balaban J connectivity index is 1.55. The fraction of sp³-hybridized carbons (Fsp3) is 0.0400. The molecule has 8 heteroatoms. The van der Waals surface area contributed by atoms with Crippen LogP contribution in [-0.4, -0.2) is 25.6 Å². The number of thiazole rings is 1. The van der Waals surface area contributed by atoms with Gasteiger partial charge in [0.05, 0.1) is 27.9 Å². The monoisotopic (exact) mass is 454 g/mol. The predicted molar refractivity (Wildman–Crippen MR) is 129 cm³/mol. The molecular weight excluding hydrogens is 436 g/mol. The van der Waals surface area contributed by atoms with Gasteiger partial charge in [0.25, 0.3) is 5.56 Å². The van der Waals surface area contributed by atoms with Crippen LogP contribution in [0.3, 0.4) is 0 Å². The molecule has 2 aromatic heterocycles. The van der Waals surface area contributed by atoms with Crippen molar-refractivity contribution in [1.82, 2.24) is 14.5 Å². The number of anilines is 1. The Labute approximate surface area is 192 Å². The van der Waals surface area contributed by atoms with Gasteiger partial charge in [0.1, 0.15) is 5.82 Å². The van der Waals surface area contributed by atoms with E-state index >= 15 is 0 Å². The fourth-order valence-corrected chi connectivity index (χ4v) is 4.45. The van der Waals surface area contributed by atoms with Gasteiger partial charge in [0, 0.05) is 11.9 Å². The number of para-hydroxylation sites is 1. The van der Waals surface area contributed by atoms with E-state index in [0.717, 1.165) is 16.1 Å². The number of hydrogen-bond acceptors (Lipinski definition) is 6. The minimum Gasteiger partial charge on any atom is -0.478 e. The summed E-state index contributed by atoms with van der Waals surface area (Å²) in [6.45, 7) is 0.257. The molecule has 0 unspecified atom stereocenters. The molecular formula is C25H18N4O3S. The lowest BCUT2D eigenvalue weighted by atomic mass is 10.2. The first kappa shape index (κ1) is 20.6. The lowest BCUT2D eigenvalue weighted by molar-refractivity contribution is 0.0697. The first-order valence-electron chi connectivity index (χ1n) is 10.2. The number of aromatic nitrogens is 3. The van der Waals surface area contributed by atoms with Crippen LogP contribution in [-0.2, 0) is 6.54 Å². The number of carboxylic acid groups (broad SMARTS) is 1. The normalized spacial score (nSPS) is 10.9. The number of aromatic carboxylic acids is 1. The molecule has 0 aliphatic heterocycles. The van der Waals surface area contributed by atoms with Crippen LogP contribution in [0.15, 0.2) is 89.9 Å². The zero-order valence-electron chi connectivity index (χ0n) is 17.3. The lowest BCUT2D eigenvalue weighted by Gasteiger charge is -2.13. The summed E-state index contributed by atoms with van der Waals surface area (Å²) in [6.07, 6.45) is 1.76. The van der Waals surface area contributed by atoms with Crippen molar-refractivity contribution >= 4 is 33.9 Å². The molecule has 0 fully saturated rings. The Bertz CT molecular complexity index is 1510. The molecule has 0 aliphatic carbocycles. The van der Waals surface area contributed by atoms with Crippen molar-refractivity contribution in [2.75, 3.05) is 5.32 Å². The van der Waals surface area contributed by atoms with Crippen LogP contribution >= 0.6 is 11.3 Å². The Morgan fingerprint density at radius 1 is 0.970 bits per heavy atom. The highest BCUT2D eigenvalue weighted by atomic mass is 32.1. The smallest absolute Gasteiger partial charge is 0.335 e. The molecule has 3 aromatic carbocycles. The van der Waals surface area contributed by atoms with Crippen LogP contribution in [0, 0.1) is 0 Å². The van der Waals surface area contributed by atoms with E-state index in [1.54, 1.807) is 24.4 Å². The van der Waals surface area contributed by atoms with Crippen LogP contribution in [0.4, 0.5) is 5.69 Å². The van der Waals surface area contributed by atoms with E-state index in [9.17, 15) is 9.59 Å². The lowest BCUT2D eigenvalue weighted by Crippen LogP contribution is -2.25. The Kier molecular flexibility index (Phi) is 5.42. The average molecular weight is 455 g/mol. The highest BCUT2D eigenvalue weighted by molar-refractivity contribution is 7.17. The summed E-state index contributed by atoms with van der Waals surface area (Å²) in [6, 6.07) is 23.5. The SMILES string of the molecule is O=C(O)c1ccc(NCc2nc3ccccc3c(=O)n2-c2ncc(-c3ccccc3)s2)cc1. The Morgan fingerprint density at radius 2 is 1.70 bits per heavy atom. The molecule has 0 spiro atoms. The summed E-state index contributed by atoms with van der Waals surface area (Å²) < 4.78 is 1.54. The summed E-state index contributed by atoms with van der Waals surface area (Å²) in [5.74, 6) is -0.473. The van der Waals surface area contributed by atoms with Gasteiger partial charge in [-0.2, -0.15) is 0 Å². The number of fused-ring (bicyclic) bond motifs is 1. The molecule has 0 radical (unpaired) electrons. The quantitative estimate of drug-likeness (QED) is 0.382. The zero-order chi connectivity index (χ0) is 22.8. The van der Waals surface area contributed by atoms with Gasteiger partial charge in [-0.3, -0.25) is 4.79 Å². The summed E-state index contributed by atoms with van der Waals surface area (Å²) in [4.78, 5) is 34.7. The van der Waals surface area contributed by atoms with E-state index in [1.165, 1.54) is 28.0 Å². The second-order valence-corrected chi connectivity index (χ2v) is 8.30. The standard InChI is InChI=1S/C25H18N4O3S/c30-23-19-8-4-5-9-20(19)28-22(15-26-18-12-10-17(11-13-18)24(31)32)29(23)25-27-14-21(33-25)16-6-2-1-3-7-16/h1-14,26H,15H2,(H,31,32). The van der Waals surface area contributed by atoms with E-state index in [-0.39, 0.29) is 17.7 Å². The van der Waals surface area contributed by atoms with Crippen LogP contribution in [0.5, 0.6) is 0 Å². The number of carbonyl (C=O) groups is 1. The van der Waals surface area contributed by atoms with E-state index in [2.05, 4.69) is 10.3 Å². The predicted octanol–water partition coefficient (Wildman–Crippen LogP) is 4.82. The number of hydrogen-bond donors (Lipinski definition) is 2. The molecule has 0 atom stereocenters. The van der Waals surface area contributed by atoms with E-state index in [4.69, 9.17) is 10.1 Å². The molecule has 0 saturated carbocycles. The fourth-order valence-electron chi connectivity index (χ4n) is 3.51. The van der Waals surface area contributed by atoms with Crippen LogP contribution in [0.2, 0.25) is 0 Å². The van der Waals surface area contributed by atoms with Gasteiger partial charge in [-0.25, -0.2) is 19.3 Å². The van der Waals surface area contributed by atoms with E-state index in [0.29, 0.717) is 21.9 Å². The van der Waals surface area contributed by atoms with Gasteiger partial charge in [-0.15, -0.1) is 0 Å². The molecule has 2 heterocycles. The van der Waals surface area contributed by atoms with E-state index < -0.39 is 5.97 Å². The van der Waals surface area contributed by atoms with Gasteiger partial charge in [-0.1, -0.05) is 53.8 Å². The molecule has 0 saturated heterocycles. The number of nitrogens with one attached hydrogen (secondary N) is 1. The summed E-state index contributed by atoms with van der Waals surface area (Å²) in [5.41, 5.74) is 2.38. The van der Waals surface area contributed by atoms with Crippen LogP contribution in [0.1, 0.15) is 16.2 Å². The van der Waals surface area contributed by atoms with Crippen molar-refractivity contribution in [2.45, 2.75) is 6.54 Å². The maximum Gasteiger partial charge on any atom is 0.335 e. The summed E-state index contributed by atoms with van der Waals surface area (Å²) in [7, 11) is 0. The molecule has 0 amide bonds. The van der Waals surface area contributed by atoms with E-state index in [1.807, 2.05) is 48.5 Å². The number of benzene rings is 3. The van der Waals surface area contributed by atoms with Crippen molar-refractivity contribution in [3.05, 3.63) is 107 Å². The molecule has 5 rings (SSSR count). The second kappa shape index (κ2) is 8.68. The van der Waals surface area contributed by atoms with Crippen molar-refractivity contribution in [2.24, 2.45) is 0 Å². The minimum absolute atomic E-state index is 0.187. The maximum atomic E-state index is 13.4. The molecule has 7 nitrogen and oxygen atoms in total. The Hall–Kier alpha value is -4.30. The third-order valence-electron chi connectivity index (χ3n) is 5.17. The molecule has 0 aliphatic rings. The second-order valence-electron chi connectivity index (χ2n) is 7.29. The number of rotatable bonds is 6. The topological polar surface area (TPSA) is 97.1 Å². The third kappa shape index (κ3) is 4.11. The average Bonchev–Trinajstić information content (AvgIpc) is 3.33. The largest absolute Gasteiger partial charge is 0.478 e. The molecule has 0 bridgehead atoms. The van der Waals surface area contributed by atoms with Gasteiger partial charge >= 0.3 is 5.97 Å². The van der Waals surface area contributed by atoms with Gasteiger partial charge < -0.3 is 10.4 Å². The van der Waals surface area contributed by atoms with Crippen molar-refractivity contribution in [3.8, 4) is 15.6 Å². The Morgan fingerprint density at radius 3 is 2.45 bits per heavy atom. The van der Waals surface area contributed by atoms with Crippen molar-refractivity contribution in [3.63, 3.8) is 0 Å². The zero-order valence-corrected chi connectivity index (χ0v) is 18.1. The van der Waals surface area contributed by atoms with Gasteiger partial charge in [0.2, 0.25) is 0 Å². The van der Waals surface area contributed by atoms with Gasteiger partial charge in [0.15, 0.2) is 5.13 Å². The molecule has 33 heavy (non-hydrogen) atoms. The van der Waals surface area contributed by atoms with Crippen LogP contribution < -0.4 is 10.9 Å². The maximum absolute atomic E-state index is 13.4. The summed E-state index contributed by atoms with van der Waals surface area (Å²) in [5, 5.41) is 13.4. The van der Waals surface area contributed by atoms with Crippen molar-refractivity contribution in [1.29, 1.82) is 0 Å². The number of carboxylic acids is 1. The molecule has 2 N–H and O–H groups in total. The van der Waals surface area contributed by atoms with Crippen molar-refractivity contribution < 1.29 is 9.90 Å². The first-order chi connectivity index (χ1) is 16.1. The summed E-state index contributed by atoms with van der Waals surface area (Å²) >= 11 is 1.42. The number of nitrogens with zero attached hydrogens (tertiary/aromatic N) is 3. The highest BCUT2D eigenvalue weighted by Crippen LogP contribution is 2.28. The molecule has 5 aromatic rings.